The average molecular weight is 200 g/mol. The largest absolute Gasteiger partial charge is 0.395 e. The highest BCUT2D eigenvalue weighted by Crippen LogP contribution is 2.16. The first-order chi connectivity index (χ1) is 6.65. The molecule has 1 saturated heterocycles. The monoisotopic (exact) mass is 200 g/mol. The van der Waals surface area contributed by atoms with Gasteiger partial charge in [-0.3, -0.25) is 4.90 Å². The van der Waals surface area contributed by atoms with Gasteiger partial charge in [0.1, 0.15) is 0 Å². The van der Waals surface area contributed by atoms with Crippen molar-refractivity contribution in [3.63, 3.8) is 0 Å². The highest BCUT2D eigenvalue weighted by Gasteiger charge is 2.24. The van der Waals surface area contributed by atoms with Gasteiger partial charge in [-0.25, -0.2) is 0 Å². The predicted octanol–water partition coefficient (Wildman–Crippen LogP) is 0.783. The van der Waals surface area contributed by atoms with E-state index in [1.54, 1.807) is 0 Å². The van der Waals surface area contributed by atoms with Gasteiger partial charge in [-0.05, 0) is 40.3 Å². The van der Waals surface area contributed by atoms with Crippen LogP contribution in [-0.4, -0.2) is 60.3 Å². The van der Waals surface area contributed by atoms with E-state index in [2.05, 4.69) is 30.7 Å². The molecule has 1 fully saturated rings. The number of hydrogen-bond donors (Lipinski definition) is 1. The van der Waals surface area contributed by atoms with Crippen molar-refractivity contribution in [1.82, 2.24) is 9.80 Å². The van der Waals surface area contributed by atoms with Crippen molar-refractivity contribution in [2.45, 2.75) is 38.8 Å². The van der Waals surface area contributed by atoms with Crippen LogP contribution in [-0.2, 0) is 0 Å². The Hall–Kier alpha value is -0.120. The van der Waals surface area contributed by atoms with Gasteiger partial charge in [0.15, 0.2) is 0 Å². The Kier molecular flexibility index (Phi) is 4.85. The molecule has 1 N–H and O–H groups in total. The zero-order valence-electron chi connectivity index (χ0n) is 9.74. The molecule has 1 aliphatic rings. The number of hydrogen-bond acceptors (Lipinski definition) is 3. The van der Waals surface area contributed by atoms with Crippen LogP contribution in [0.2, 0.25) is 0 Å². The number of piperidine rings is 1. The standard InChI is InChI=1S/C11H24N2O/c1-10(2)13(7-8-14)11-5-4-6-12(3)9-11/h10-11,14H,4-9H2,1-3H3/t11-/m0/s1. The van der Waals surface area contributed by atoms with E-state index in [1.165, 1.54) is 19.4 Å². The maximum atomic E-state index is 9.03. The van der Waals surface area contributed by atoms with Gasteiger partial charge in [-0.2, -0.15) is 0 Å². The lowest BCUT2D eigenvalue weighted by Gasteiger charge is -2.40. The van der Waals surface area contributed by atoms with Crippen LogP contribution < -0.4 is 0 Å². The molecule has 3 heteroatoms. The average Bonchev–Trinajstić information content (AvgIpc) is 2.13. The number of aliphatic hydroxyl groups excluding tert-OH is 1. The summed E-state index contributed by atoms with van der Waals surface area (Å²) in [7, 11) is 2.18. The first-order valence-corrected chi connectivity index (χ1v) is 5.70. The van der Waals surface area contributed by atoms with E-state index in [-0.39, 0.29) is 6.61 Å². The molecule has 14 heavy (non-hydrogen) atoms. The second-order valence-electron chi connectivity index (χ2n) is 4.61. The Bertz CT molecular complexity index is 161. The molecule has 0 aromatic rings. The highest BCUT2D eigenvalue weighted by atomic mass is 16.3. The zero-order valence-corrected chi connectivity index (χ0v) is 9.74. The number of likely N-dealkylation sites (tertiary alicyclic amines) is 1. The fourth-order valence-electron chi connectivity index (χ4n) is 2.39. The summed E-state index contributed by atoms with van der Waals surface area (Å²) in [6, 6.07) is 1.18. The van der Waals surface area contributed by atoms with Crippen molar-refractivity contribution in [2.24, 2.45) is 0 Å². The van der Waals surface area contributed by atoms with Crippen molar-refractivity contribution < 1.29 is 5.11 Å². The van der Waals surface area contributed by atoms with Crippen molar-refractivity contribution in [2.75, 3.05) is 33.3 Å². The molecule has 0 radical (unpaired) electrons. The first kappa shape index (κ1) is 12.0. The summed E-state index contributed by atoms with van der Waals surface area (Å²) >= 11 is 0. The molecular formula is C11H24N2O. The molecule has 0 aliphatic carbocycles. The molecule has 0 bridgehead atoms. The fraction of sp³-hybridized carbons (Fsp3) is 1.00. The minimum Gasteiger partial charge on any atom is -0.395 e. The maximum absolute atomic E-state index is 9.03. The SMILES string of the molecule is CC(C)N(CCO)[C@H]1CCCN(C)C1. The summed E-state index contributed by atoms with van der Waals surface area (Å²) in [5.41, 5.74) is 0. The predicted molar refractivity (Wildman–Crippen MR) is 59.4 cm³/mol. The van der Waals surface area contributed by atoms with Crippen LogP contribution in [0.5, 0.6) is 0 Å². The second kappa shape index (κ2) is 5.69. The van der Waals surface area contributed by atoms with E-state index in [9.17, 15) is 0 Å². The Morgan fingerprint density at radius 2 is 2.21 bits per heavy atom. The normalized spacial score (nSPS) is 24.9. The minimum absolute atomic E-state index is 0.276. The van der Waals surface area contributed by atoms with Gasteiger partial charge in [0.2, 0.25) is 0 Å². The second-order valence-corrected chi connectivity index (χ2v) is 4.61. The molecule has 0 aromatic heterocycles. The van der Waals surface area contributed by atoms with Crippen molar-refractivity contribution in [1.29, 1.82) is 0 Å². The molecule has 0 saturated carbocycles. The van der Waals surface area contributed by atoms with Crippen LogP contribution in [0.15, 0.2) is 0 Å². The van der Waals surface area contributed by atoms with Crippen molar-refractivity contribution in [3.8, 4) is 0 Å². The molecule has 1 atom stereocenters. The van der Waals surface area contributed by atoms with E-state index in [0.717, 1.165) is 13.1 Å². The Morgan fingerprint density at radius 3 is 2.71 bits per heavy atom. The third-order valence-corrected chi connectivity index (χ3v) is 3.09. The third kappa shape index (κ3) is 3.23. The summed E-state index contributed by atoms with van der Waals surface area (Å²) in [5, 5.41) is 9.03. The summed E-state index contributed by atoms with van der Waals surface area (Å²) < 4.78 is 0. The van der Waals surface area contributed by atoms with Crippen molar-refractivity contribution >= 4 is 0 Å². The Labute approximate surface area is 87.7 Å². The lowest BCUT2D eigenvalue weighted by molar-refractivity contribution is 0.0692. The molecule has 0 aromatic carbocycles. The number of rotatable bonds is 4. The lowest BCUT2D eigenvalue weighted by Crippen LogP contribution is -2.50. The lowest BCUT2D eigenvalue weighted by atomic mass is 10.0. The topological polar surface area (TPSA) is 26.7 Å². The quantitative estimate of drug-likeness (QED) is 0.726. The first-order valence-electron chi connectivity index (χ1n) is 5.70. The zero-order chi connectivity index (χ0) is 10.6. The van der Waals surface area contributed by atoms with Crippen LogP contribution in [0.25, 0.3) is 0 Å². The Balaban J connectivity index is 2.48. The van der Waals surface area contributed by atoms with Gasteiger partial charge in [-0.15, -0.1) is 0 Å². The summed E-state index contributed by atoms with van der Waals surface area (Å²) in [6.45, 7) is 7.89. The smallest absolute Gasteiger partial charge is 0.0558 e. The molecular weight excluding hydrogens is 176 g/mol. The highest BCUT2D eigenvalue weighted by molar-refractivity contribution is 4.81. The maximum Gasteiger partial charge on any atom is 0.0558 e. The van der Waals surface area contributed by atoms with E-state index in [4.69, 9.17) is 5.11 Å². The van der Waals surface area contributed by atoms with Gasteiger partial charge >= 0.3 is 0 Å². The molecule has 3 nitrogen and oxygen atoms in total. The van der Waals surface area contributed by atoms with Gasteiger partial charge < -0.3 is 10.0 Å². The molecule has 1 heterocycles. The van der Waals surface area contributed by atoms with Crippen LogP contribution >= 0.6 is 0 Å². The molecule has 0 spiro atoms. The molecule has 0 unspecified atom stereocenters. The van der Waals surface area contributed by atoms with Crippen LogP contribution in [0.1, 0.15) is 26.7 Å². The number of aliphatic hydroxyl groups is 1. The van der Waals surface area contributed by atoms with E-state index in [0.29, 0.717) is 12.1 Å². The third-order valence-electron chi connectivity index (χ3n) is 3.09. The molecule has 1 rings (SSSR count). The van der Waals surface area contributed by atoms with Crippen LogP contribution in [0, 0.1) is 0 Å². The Morgan fingerprint density at radius 1 is 1.50 bits per heavy atom. The summed E-state index contributed by atoms with van der Waals surface area (Å²) in [4.78, 5) is 4.82. The van der Waals surface area contributed by atoms with Crippen molar-refractivity contribution in [3.05, 3.63) is 0 Å². The van der Waals surface area contributed by atoms with E-state index >= 15 is 0 Å². The molecule has 0 amide bonds. The van der Waals surface area contributed by atoms with E-state index < -0.39 is 0 Å². The van der Waals surface area contributed by atoms with Crippen LogP contribution in [0.3, 0.4) is 0 Å². The minimum atomic E-state index is 0.276. The van der Waals surface area contributed by atoms with Gasteiger partial charge in [0, 0.05) is 25.2 Å². The number of likely N-dealkylation sites (N-methyl/N-ethyl adjacent to an activating group) is 1. The van der Waals surface area contributed by atoms with E-state index in [1.807, 2.05) is 0 Å². The van der Waals surface area contributed by atoms with Gasteiger partial charge in [-0.1, -0.05) is 0 Å². The van der Waals surface area contributed by atoms with Gasteiger partial charge in [0.25, 0.3) is 0 Å². The summed E-state index contributed by atoms with van der Waals surface area (Å²) in [6.07, 6.45) is 2.57. The molecule has 1 aliphatic heterocycles. The van der Waals surface area contributed by atoms with Gasteiger partial charge in [0.05, 0.1) is 6.61 Å². The summed E-state index contributed by atoms with van der Waals surface area (Å²) in [5.74, 6) is 0. The number of nitrogens with zero attached hydrogens (tertiary/aromatic N) is 2. The molecule has 84 valence electrons. The van der Waals surface area contributed by atoms with Crippen LogP contribution in [0.4, 0.5) is 0 Å². The fourth-order valence-corrected chi connectivity index (χ4v) is 2.39.